The lowest BCUT2D eigenvalue weighted by atomic mass is 9.72. The Labute approximate surface area is 245 Å². The number of nitrogens with one attached hydrogen (secondary N) is 1. The zero-order chi connectivity index (χ0) is 28.4. The molecule has 3 aliphatic carbocycles. The molecule has 0 aromatic rings. The summed E-state index contributed by atoms with van der Waals surface area (Å²) in [5.74, 6) is 2.44. The molecule has 40 heavy (non-hydrogen) atoms. The number of urea groups is 1. The molecule has 4 fully saturated rings. The number of amides is 3. The Balaban J connectivity index is 1.53. The molecule has 2 heterocycles. The molecule has 3 amide bonds. The maximum absolute atomic E-state index is 14.6. The fourth-order valence-corrected chi connectivity index (χ4v) is 8.33. The quantitative estimate of drug-likeness (QED) is 0.438. The van der Waals surface area contributed by atoms with Gasteiger partial charge in [-0.15, -0.1) is 11.6 Å². The number of hydrogen-bond acceptors (Lipinski definition) is 5. The summed E-state index contributed by atoms with van der Waals surface area (Å²) in [5, 5.41) is 3.13. The zero-order valence-corrected chi connectivity index (χ0v) is 25.8. The third-order valence-corrected chi connectivity index (χ3v) is 10.7. The van der Waals surface area contributed by atoms with E-state index in [4.69, 9.17) is 26.1 Å². The second kappa shape index (κ2) is 13.3. The van der Waals surface area contributed by atoms with Gasteiger partial charge in [-0.25, -0.2) is 4.79 Å². The maximum Gasteiger partial charge on any atom is 0.326 e. The Bertz CT molecular complexity index is 915. The second-order valence-corrected chi connectivity index (χ2v) is 14.0. The van der Waals surface area contributed by atoms with Crippen LogP contribution in [-0.2, 0) is 14.3 Å². The van der Waals surface area contributed by atoms with Gasteiger partial charge in [-0.1, -0.05) is 19.8 Å². The van der Waals surface area contributed by atoms with E-state index in [1.54, 1.807) is 12.0 Å². The van der Waals surface area contributed by atoms with Gasteiger partial charge in [0.25, 0.3) is 0 Å². The molecule has 226 valence electrons. The number of hydrogen-bond donors (Lipinski definition) is 1. The number of ether oxygens (including phenoxy) is 2. The number of rotatable bonds is 6. The van der Waals surface area contributed by atoms with Gasteiger partial charge in [0, 0.05) is 37.9 Å². The van der Waals surface area contributed by atoms with Gasteiger partial charge >= 0.3 is 6.03 Å². The Morgan fingerprint density at radius 3 is 2.38 bits per heavy atom. The molecule has 5 aliphatic rings. The number of halogens is 1. The van der Waals surface area contributed by atoms with Gasteiger partial charge < -0.3 is 19.7 Å². The van der Waals surface area contributed by atoms with Crippen LogP contribution in [0.1, 0.15) is 91.4 Å². The number of carbonyl (C=O) groups excluding carboxylic acids is 2. The Kier molecular flexibility index (Phi) is 9.99. The van der Waals surface area contributed by atoms with E-state index in [2.05, 4.69) is 31.0 Å². The van der Waals surface area contributed by atoms with Crippen LogP contribution in [-0.4, -0.2) is 90.1 Å². The smallest absolute Gasteiger partial charge is 0.326 e. The van der Waals surface area contributed by atoms with E-state index < -0.39 is 0 Å². The van der Waals surface area contributed by atoms with Gasteiger partial charge in [-0.2, -0.15) is 0 Å². The van der Waals surface area contributed by atoms with Gasteiger partial charge in [0.05, 0.1) is 30.4 Å². The van der Waals surface area contributed by atoms with E-state index in [1.807, 2.05) is 0 Å². The summed E-state index contributed by atoms with van der Waals surface area (Å²) in [5.41, 5.74) is 0. The minimum atomic E-state index is -0.0843. The largest absolute Gasteiger partial charge is 0.381 e. The highest BCUT2D eigenvalue weighted by atomic mass is 35.5. The zero-order valence-electron chi connectivity index (χ0n) is 25.0. The molecule has 5 rings (SSSR count). The molecule has 1 saturated heterocycles. The molecule has 3 unspecified atom stereocenters. The van der Waals surface area contributed by atoms with Crippen molar-refractivity contribution in [2.75, 3.05) is 26.7 Å². The number of alkyl halides is 1. The summed E-state index contributed by atoms with van der Waals surface area (Å²) in [6, 6.07) is 0.0830. The summed E-state index contributed by atoms with van der Waals surface area (Å²) >= 11 is 6.56. The minimum Gasteiger partial charge on any atom is -0.381 e. The van der Waals surface area contributed by atoms with Crippen LogP contribution in [0.25, 0.3) is 0 Å². The van der Waals surface area contributed by atoms with Crippen molar-refractivity contribution in [3.8, 4) is 0 Å². The summed E-state index contributed by atoms with van der Waals surface area (Å²) in [6.07, 6.45) is 11.6. The van der Waals surface area contributed by atoms with Crippen molar-refractivity contribution in [3.05, 3.63) is 0 Å². The predicted molar refractivity (Wildman–Crippen MR) is 158 cm³/mol. The van der Waals surface area contributed by atoms with Crippen molar-refractivity contribution >= 4 is 29.4 Å². The first-order chi connectivity index (χ1) is 19.2. The van der Waals surface area contributed by atoms with Crippen LogP contribution in [0, 0.1) is 23.7 Å². The van der Waals surface area contributed by atoms with Crippen molar-refractivity contribution in [2.45, 2.75) is 127 Å². The third-order valence-electron chi connectivity index (χ3n) is 10.3. The number of amidine groups is 1. The van der Waals surface area contributed by atoms with Crippen molar-refractivity contribution in [1.29, 1.82) is 0 Å². The SMILES string of the molecule is COC1CCC(C2=N[C@@H](C3CCC(Cl)CC3)[C@@H](C3CCC(C)CC3)N2C(=O)N2CCNC(=O)C2)C(OC(C)C)C1. The first kappa shape index (κ1) is 30.1. The molecule has 0 aromatic carbocycles. The molecular weight excluding hydrogens is 528 g/mol. The van der Waals surface area contributed by atoms with Crippen molar-refractivity contribution in [2.24, 2.45) is 28.7 Å². The normalized spacial score (nSPS) is 39.3. The monoisotopic (exact) mass is 578 g/mol. The van der Waals surface area contributed by atoms with Crippen LogP contribution in [0.5, 0.6) is 0 Å². The molecule has 3 saturated carbocycles. The summed E-state index contributed by atoms with van der Waals surface area (Å²) < 4.78 is 12.3. The van der Waals surface area contributed by atoms with E-state index in [0.29, 0.717) is 24.9 Å². The van der Waals surface area contributed by atoms with Crippen molar-refractivity contribution < 1.29 is 19.1 Å². The van der Waals surface area contributed by atoms with Gasteiger partial charge in [0.1, 0.15) is 12.4 Å². The number of aliphatic imine (C=N–C) groups is 1. The molecule has 9 heteroatoms. The molecule has 1 N–H and O–H groups in total. The average molecular weight is 579 g/mol. The Hall–Kier alpha value is -1.38. The maximum atomic E-state index is 14.6. The lowest BCUT2D eigenvalue weighted by Gasteiger charge is -2.44. The predicted octanol–water partition coefficient (Wildman–Crippen LogP) is 5.22. The molecule has 0 radical (unpaired) electrons. The van der Waals surface area contributed by atoms with Crippen molar-refractivity contribution in [3.63, 3.8) is 0 Å². The van der Waals surface area contributed by atoms with E-state index >= 15 is 0 Å². The van der Waals surface area contributed by atoms with E-state index in [0.717, 1.165) is 69.5 Å². The second-order valence-electron chi connectivity index (χ2n) is 13.4. The molecule has 0 aromatic heterocycles. The Morgan fingerprint density at radius 2 is 1.73 bits per heavy atom. The fourth-order valence-electron chi connectivity index (χ4n) is 8.07. The molecule has 8 nitrogen and oxygen atoms in total. The fraction of sp³-hybridized carbons (Fsp3) is 0.903. The van der Waals surface area contributed by atoms with Gasteiger partial charge in [-0.3, -0.25) is 14.7 Å². The van der Waals surface area contributed by atoms with E-state index in [9.17, 15) is 9.59 Å². The Morgan fingerprint density at radius 1 is 1.02 bits per heavy atom. The molecule has 0 spiro atoms. The highest BCUT2D eigenvalue weighted by Gasteiger charge is 2.52. The van der Waals surface area contributed by atoms with Crippen LogP contribution in [0.4, 0.5) is 4.79 Å². The molecular formula is C31H51ClN4O4. The van der Waals surface area contributed by atoms with Crippen LogP contribution in [0.2, 0.25) is 0 Å². The van der Waals surface area contributed by atoms with Gasteiger partial charge in [0.2, 0.25) is 5.91 Å². The minimum absolute atomic E-state index is 0.0377. The standard InChI is InChI=1S/C31H51ClN4O4/c1-19(2)40-26-17-24(39-4)13-14-25(26)30-34-28(21-9-11-23(32)12-10-21)29(22-7-5-20(3)6-8-22)36(30)31(38)35-16-15-33-27(37)18-35/h19-26,28-29H,5-18H2,1-4H3,(H,33,37)/t20?,21?,22?,23?,24?,25?,26?,28-,29+/m0/s1. The first-order valence-electron chi connectivity index (χ1n) is 16.0. The summed E-state index contributed by atoms with van der Waals surface area (Å²) in [4.78, 5) is 36.4. The highest BCUT2D eigenvalue weighted by molar-refractivity contribution is 6.20. The first-order valence-corrected chi connectivity index (χ1v) is 16.4. The number of nitrogens with zero attached hydrogens (tertiary/aromatic N) is 3. The number of carbonyl (C=O) groups is 2. The summed E-state index contributed by atoms with van der Waals surface area (Å²) in [6.45, 7) is 7.66. The molecule has 0 bridgehead atoms. The highest BCUT2D eigenvalue weighted by Crippen LogP contribution is 2.45. The van der Waals surface area contributed by atoms with Crippen LogP contribution >= 0.6 is 11.6 Å². The third kappa shape index (κ3) is 6.64. The van der Waals surface area contributed by atoms with Gasteiger partial charge in [-0.05, 0) is 83.0 Å². The van der Waals surface area contributed by atoms with E-state index in [1.165, 1.54) is 12.8 Å². The molecule has 5 atom stereocenters. The van der Waals surface area contributed by atoms with Crippen LogP contribution in [0.3, 0.4) is 0 Å². The lowest BCUT2D eigenvalue weighted by Crippen LogP contribution is -2.60. The topological polar surface area (TPSA) is 83.5 Å². The lowest BCUT2D eigenvalue weighted by molar-refractivity contribution is -0.123. The van der Waals surface area contributed by atoms with Gasteiger partial charge in [0.15, 0.2) is 0 Å². The average Bonchev–Trinajstić information content (AvgIpc) is 3.33. The summed E-state index contributed by atoms with van der Waals surface area (Å²) in [7, 11) is 1.78. The molecule has 2 aliphatic heterocycles. The van der Waals surface area contributed by atoms with Crippen LogP contribution < -0.4 is 5.32 Å². The van der Waals surface area contributed by atoms with Crippen LogP contribution in [0.15, 0.2) is 4.99 Å². The number of methoxy groups -OCH3 is 1. The van der Waals surface area contributed by atoms with E-state index in [-0.39, 0.29) is 60.2 Å². The van der Waals surface area contributed by atoms with Crippen molar-refractivity contribution in [1.82, 2.24) is 15.1 Å². The number of piperazine rings is 1.